The lowest BCUT2D eigenvalue weighted by Gasteiger charge is -2.01. The van der Waals surface area contributed by atoms with Crippen LogP contribution in [0, 0.1) is 13.8 Å². The summed E-state index contributed by atoms with van der Waals surface area (Å²) in [6, 6.07) is 1.82. The van der Waals surface area contributed by atoms with Crippen molar-refractivity contribution in [3.63, 3.8) is 0 Å². The van der Waals surface area contributed by atoms with Crippen molar-refractivity contribution in [3.05, 3.63) is 45.1 Å². The first-order valence-electron chi connectivity index (χ1n) is 5.50. The predicted molar refractivity (Wildman–Crippen MR) is 69.0 cm³/mol. The second-order valence-electron chi connectivity index (χ2n) is 4.21. The topological polar surface area (TPSA) is 60.9 Å². The maximum atomic E-state index is 12.2. The molecule has 3 aromatic rings. The van der Waals surface area contributed by atoms with Gasteiger partial charge in [0.2, 0.25) is 0 Å². The van der Waals surface area contributed by atoms with Gasteiger partial charge in [-0.25, -0.2) is 4.98 Å². The van der Waals surface area contributed by atoms with Crippen LogP contribution in [0.2, 0.25) is 0 Å². The van der Waals surface area contributed by atoms with Crippen molar-refractivity contribution in [2.75, 3.05) is 0 Å². The first kappa shape index (κ1) is 11.2. The zero-order valence-electron chi connectivity index (χ0n) is 10.0. The molecule has 3 heterocycles. The van der Waals surface area contributed by atoms with Crippen molar-refractivity contribution >= 4 is 21.6 Å². The molecule has 18 heavy (non-hydrogen) atoms. The van der Waals surface area contributed by atoms with E-state index in [-0.39, 0.29) is 5.56 Å². The van der Waals surface area contributed by atoms with Gasteiger partial charge in [-0.1, -0.05) is 5.16 Å². The number of aryl methyl sites for hydroxylation is 2. The third kappa shape index (κ3) is 1.74. The monoisotopic (exact) mass is 261 g/mol. The number of thiophene rings is 1. The molecule has 0 aliphatic rings. The molecule has 0 aliphatic heterocycles. The van der Waals surface area contributed by atoms with Gasteiger partial charge in [0.15, 0.2) is 5.76 Å². The van der Waals surface area contributed by atoms with Gasteiger partial charge in [-0.3, -0.25) is 9.36 Å². The Morgan fingerprint density at radius 1 is 1.44 bits per heavy atom. The standard InChI is InChI=1S/C12H11N3O2S/c1-7-5-18-11-10(7)13-6-15(12(11)16)4-9-3-8(2)14-17-9/h3,5-6H,4H2,1-2H3. The highest BCUT2D eigenvalue weighted by Crippen LogP contribution is 2.19. The molecular weight excluding hydrogens is 250 g/mol. The number of hydrogen-bond donors (Lipinski definition) is 0. The Hall–Kier alpha value is -1.95. The third-order valence-electron chi connectivity index (χ3n) is 2.73. The van der Waals surface area contributed by atoms with E-state index < -0.39 is 0 Å². The number of fused-ring (bicyclic) bond motifs is 1. The van der Waals surface area contributed by atoms with E-state index in [1.54, 1.807) is 6.33 Å². The summed E-state index contributed by atoms with van der Waals surface area (Å²) in [7, 11) is 0. The van der Waals surface area contributed by atoms with Crippen molar-refractivity contribution in [1.29, 1.82) is 0 Å². The van der Waals surface area contributed by atoms with Crippen LogP contribution in [0.3, 0.4) is 0 Å². The summed E-state index contributed by atoms with van der Waals surface area (Å²) >= 11 is 1.43. The molecule has 5 nitrogen and oxygen atoms in total. The minimum atomic E-state index is -0.0350. The Bertz CT molecular complexity index is 769. The normalized spacial score (nSPS) is 11.2. The van der Waals surface area contributed by atoms with Gasteiger partial charge in [-0.15, -0.1) is 11.3 Å². The van der Waals surface area contributed by atoms with Crippen LogP contribution < -0.4 is 5.56 Å². The smallest absolute Gasteiger partial charge is 0.271 e. The van der Waals surface area contributed by atoms with Gasteiger partial charge >= 0.3 is 0 Å². The lowest BCUT2D eigenvalue weighted by atomic mass is 10.3. The molecule has 0 bridgehead atoms. The zero-order valence-corrected chi connectivity index (χ0v) is 10.8. The third-order valence-corrected chi connectivity index (χ3v) is 3.80. The molecule has 3 aromatic heterocycles. The molecule has 0 fully saturated rings. The molecule has 92 valence electrons. The van der Waals surface area contributed by atoms with Crippen LogP contribution >= 0.6 is 11.3 Å². The predicted octanol–water partition coefficient (Wildman–Crippen LogP) is 2.11. The largest absolute Gasteiger partial charge is 0.359 e. The lowest BCUT2D eigenvalue weighted by Crippen LogP contribution is -2.20. The van der Waals surface area contributed by atoms with E-state index >= 15 is 0 Å². The molecule has 0 aromatic carbocycles. The number of nitrogens with zero attached hydrogens (tertiary/aromatic N) is 3. The maximum Gasteiger partial charge on any atom is 0.271 e. The van der Waals surface area contributed by atoms with E-state index in [1.807, 2.05) is 25.3 Å². The van der Waals surface area contributed by atoms with Gasteiger partial charge in [0, 0.05) is 6.07 Å². The molecule has 0 N–H and O–H groups in total. The highest BCUT2D eigenvalue weighted by molar-refractivity contribution is 7.17. The van der Waals surface area contributed by atoms with Crippen LogP contribution in [0.4, 0.5) is 0 Å². The van der Waals surface area contributed by atoms with Crippen LogP contribution in [-0.4, -0.2) is 14.7 Å². The van der Waals surface area contributed by atoms with Crippen molar-refractivity contribution in [2.45, 2.75) is 20.4 Å². The van der Waals surface area contributed by atoms with Gasteiger partial charge in [0.25, 0.3) is 5.56 Å². The summed E-state index contributed by atoms with van der Waals surface area (Å²) in [5.74, 6) is 0.657. The molecule has 0 atom stereocenters. The lowest BCUT2D eigenvalue weighted by molar-refractivity contribution is 0.371. The Morgan fingerprint density at radius 2 is 2.28 bits per heavy atom. The number of rotatable bonds is 2. The zero-order chi connectivity index (χ0) is 12.7. The maximum absolute atomic E-state index is 12.2. The summed E-state index contributed by atoms with van der Waals surface area (Å²) in [6.45, 7) is 4.16. The second-order valence-corrected chi connectivity index (χ2v) is 5.09. The van der Waals surface area contributed by atoms with Gasteiger partial charge in [0.05, 0.1) is 24.1 Å². The van der Waals surface area contributed by atoms with E-state index in [1.165, 1.54) is 15.9 Å². The molecule has 3 rings (SSSR count). The first-order chi connectivity index (χ1) is 8.65. The fraction of sp³-hybridized carbons (Fsp3) is 0.250. The number of hydrogen-bond acceptors (Lipinski definition) is 5. The average Bonchev–Trinajstić information content (AvgIpc) is 2.91. The molecule has 0 amide bonds. The van der Waals surface area contributed by atoms with Crippen LogP contribution in [0.15, 0.2) is 27.1 Å². The van der Waals surface area contributed by atoms with Gasteiger partial charge in [-0.2, -0.15) is 0 Å². The number of aromatic nitrogens is 3. The van der Waals surface area contributed by atoms with Gasteiger partial charge in [-0.05, 0) is 24.8 Å². The molecule has 0 radical (unpaired) electrons. The van der Waals surface area contributed by atoms with Crippen LogP contribution in [0.5, 0.6) is 0 Å². The summed E-state index contributed by atoms with van der Waals surface area (Å²) < 4.78 is 7.33. The fourth-order valence-corrected chi connectivity index (χ4v) is 2.78. The fourth-order valence-electron chi connectivity index (χ4n) is 1.83. The second kappa shape index (κ2) is 4.06. The SMILES string of the molecule is Cc1cc(Cn2cnc3c(C)csc3c2=O)on1. The van der Waals surface area contributed by atoms with E-state index in [2.05, 4.69) is 10.1 Å². The average molecular weight is 261 g/mol. The highest BCUT2D eigenvalue weighted by atomic mass is 32.1. The molecule has 0 unspecified atom stereocenters. The van der Waals surface area contributed by atoms with Crippen LogP contribution in [0.1, 0.15) is 17.0 Å². The Morgan fingerprint density at radius 3 is 3.00 bits per heavy atom. The van der Waals surface area contributed by atoms with E-state index in [9.17, 15) is 4.79 Å². The van der Waals surface area contributed by atoms with Gasteiger partial charge < -0.3 is 4.52 Å². The summed E-state index contributed by atoms with van der Waals surface area (Å²) in [5.41, 5.74) is 2.59. The molecular formula is C12H11N3O2S. The summed E-state index contributed by atoms with van der Waals surface area (Å²) in [6.07, 6.45) is 1.56. The van der Waals surface area contributed by atoms with Crippen molar-refractivity contribution in [1.82, 2.24) is 14.7 Å². The molecule has 6 heteroatoms. The molecule has 0 aliphatic carbocycles. The van der Waals surface area contributed by atoms with Crippen molar-refractivity contribution in [3.8, 4) is 0 Å². The quantitative estimate of drug-likeness (QED) is 0.709. The Labute approximate surface area is 107 Å². The Balaban J connectivity index is 2.07. The van der Waals surface area contributed by atoms with Crippen LogP contribution in [-0.2, 0) is 6.54 Å². The van der Waals surface area contributed by atoms with E-state index in [0.717, 1.165) is 16.8 Å². The Kier molecular flexibility index (Phi) is 2.52. The van der Waals surface area contributed by atoms with Crippen molar-refractivity contribution < 1.29 is 4.52 Å². The molecule has 0 saturated carbocycles. The highest BCUT2D eigenvalue weighted by Gasteiger charge is 2.10. The minimum Gasteiger partial charge on any atom is -0.359 e. The summed E-state index contributed by atoms with van der Waals surface area (Å²) in [5, 5.41) is 5.75. The minimum absolute atomic E-state index is 0.0350. The molecule has 0 saturated heterocycles. The van der Waals surface area contributed by atoms with Crippen molar-refractivity contribution in [2.24, 2.45) is 0 Å². The van der Waals surface area contributed by atoms with E-state index in [4.69, 9.17) is 4.52 Å². The van der Waals surface area contributed by atoms with Crippen LogP contribution in [0.25, 0.3) is 10.2 Å². The van der Waals surface area contributed by atoms with Gasteiger partial charge in [0.1, 0.15) is 4.70 Å². The molecule has 0 spiro atoms. The summed E-state index contributed by atoms with van der Waals surface area (Å²) in [4.78, 5) is 16.5. The van der Waals surface area contributed by atoms with E-state index in [0.29, 0.717) is 17.0 Å². The first-order valence-corrected chi connectivity index (χ1v) is 6.38.